The number of alkyl halides is 3. The Labute approximate surface area is 203 Å². The second-order valence-electron chi connectivity index (χ2n) is 9.50. The molecule has 3 heterocycles. The van der Waals surface area contributed by atoms with Gasteiger partial charge in [0.1, 0.15) is 17.4 Å². The molecule has 0 spiro atoms. The van der Waals surface area contributed by atoms with E-state index in [9.17, 15) is 26.4 Å². The van der Waals surface area contributed by atoms with Crippen LogP contribution < -0.4 is 10.6 Å². The largest absolute Gasteiger partial charge is 0.497 e. The van der Waals surface area contributed by atoms with Crippen LogP contribution in [-0.2, 0) is 20.3 Å². The minimum Gasteiger partial charge on any atom is -0.446 e. The van der Waals surface area contributed by atoms with Crippen LogP contribution in [0.2, 0.25) is 0 Å². The van der Waals surface area contributed by atoms with E-state index in [0.29, 0.717) is 17.8 Å². The van der Waals surface area contributed by atoms with E-state index < -0.39 is 27.2 Å². The number of nitrogens with one attached hydrogen (secondary N) is 3. The van der Waals surface area contributed by atoms with Crippen molar-refractivity contribution in [2.24, 2.45) is 0 Å². The average Bonchev–Trinajstić information content (AvgIpc) is 3.19. The topological polar surface area (TPSA) is 143 Å². The summed E-state index contributed by atoms with van der Waals surface area (Å²) in [5.41, 5.74) is -4.63. The van der Waals surface area contributed by atoms with E-state index in [-0.39, 0.29) is 29.1 Å². The van der Waals surface area contributed by atoms with E-state index in [1.165, 1.54) is 23.0 Å². The van der Waals surface area contributed by atoms with Gasteiger partial charge in [0.2, 0.25) is 0 Å². The molecule has 0 bridgehead atoms. The number of hydrogen-bond acceptors (Lipinski definition) is 8. The van der Waals surface area contributed by atoms with Crippen LogP contribution >= 0.6 is 0 Å². The summed E-state index contributed by atoms with van der Waals surface area (Å²) in [5, 5.41) is 17.0. The summed E-state index contributed by atoms with van der Waals surface area (Å²) in [4.78, 5) is 16.3. The number of halogens is 3. The van der Waals surface area contributed by atoms with Crippen LogP contribution in [0.5, 0.6) is 0 Å². The summed E-state index contributed by atoms with van der Waals surface area (Å²) in [6.07, 6.45) is 6.30. The molecule has 3 aromatic heterocycles. The predicted octanol–water partition coefficient (Wildman–Crippen LogP) is 3.55. The number of aromatic nitrogens is 5. The van der Waals surface area contributed by atoms with Crippen LogP contribution in [-0.4, -0.2) is 56.5 Å². The first-order chi connectivity index (χ1) is 16.9. The van der Waals surface area contributed by atoms with Crippen LogP contribution in [0.4, 0.5) is 29.6 Å². The van der Waals surface area contributed by atoms with Gasteiger partial charge >= 0.3 is 11.6 Å². The highest BCUT2D eigenvalue weighted by atomic mass is 32.2. The highest BCUT2D eigenvalue weighted by Gasteiger charge is 2.46. The van der Waals surface area contributed by atoms with Gasteiger partial charge in [0.15, 0.2) is 11.6 Å². The lowest BCUT2D eigenvalue weighted by molar-refractivity contribution is -0.0438. The monoisotopic (exact) mass is 527 g/mol. The van der Waals surface area contributed by atoms with Crippen molar-refractivity contribution in [1.82, 2.24) is 30.1 Å². The van der Waals surface area contributed by atoms with Crippen LogP contribution in [0.25, 0.3) is 5.52 Å². The SMILES string of the molecule is CC1(NC(=O)OC2CCC(c3cc(Nc4nccn5nc(CS(=O)(=O)C(F)(F)F)cc45)n[nH]3)C2)CC1. The summed E-state index contributed by atoms with van der Waals surface area (Å²) < 4.78 is 68.0. The lowest BCUT2D eigenvalue weighted by atomic mass is 10.0. The normalized spacial score (nSPS) is 21.4. The van der Waals surface area contributed by atoms with E-state index in [4.69, 9.17) is 4.74 Å². The minimum absolute atomic E-state index is 0.111. The zero-order valence-corrected chi connectivity index (χ0v) is 20.0. The van der Waals surface area contributed by atoms with Gasteiger partial charge in [-0.25, -0.2) is 22.7 Å². The molecule has 3 aromatic rings. The van der Waals surface area contributed by atoms with Gasteiger partial charge in [0.25, 0.3) is 9.84 Å². The number of rotatable bonds is 7. The molecule has 1 amide bonds. The van der Waals surface area contributed by atoms with Crippen molar-refractivity contribution in [3.63, 3.8) is 0 Å². The first-order valence-electron chi connectivity index (χ1n) is 11.3. The third-order valence-electron chi connectivity index (χ3n) is 6.48. The molecule has 2 unspecified atom stereocenters. The first kappa shape index (κ1) is 24.3. The molecule has 0 aliphatic heterocycles. The molecule has 11 nitrogen and oxygen atoms in total. The lowest BCUT2D eigenvalue weighted by Crippen LogP contribution is -2.36. The fourth-order valence-corrected chi connectivity index (χ4v) is 4.91. The number of fused-ring (bicyclic) bond motifs is 1. The fraction of sp³-hybridized carbons (Fsp3) is 0.524. The van der Waals surface area contributed by atoms with Crippen LogP contribution in [0.3, 0.4) is 0 Å². The molecule has 2 aliphatic carbocycles. The molecule has 2 fully saturated rings. The second-order valence-corrected chi connectivity index (χ2v) is 11.5. The molecule has 194 valence electrons. The molecule has 0 aromatic carbocycles. The average molecular weight is 528 g/mol. The van der Waals surface area contributed by atoms with E-state index in [0.717, 1.165) is 31.4 Å². The Bertz CT molecular complexity index is 1400. The quantitative estimate of drug-likeness (QED) is 0.423. The number of anilines is 2. The molecular formula is C21H24F3N7O4S. The number of sulfone groups is 1. The zero-order chi connectivity index (χ0) is 25.7. The van der Waals surface area contributed by atoms with E-state index >= 15 is 0 Å². The third-order valence-corrected chi connectivity index (χ3v) is 7.86. The number of nitrogens with zero attached hydrogens (tertiary/aromatic N) is 4. The van der Waals surface area contributed by atoms with Gasteiger partial charge in [-0.1, -0.05) is 0 Å². The Balaban J connectivity index is 1.24. The Hall–Kier alpha value is -3.36. The number of carbonyl (C=O) groups excluding carboxylic acids is 1. The molecule has 0 radical (unpaired) electrons. The van der Waals surface area contributed by atoms with Crippen molar-refractivity contribution in [3.8, 4) is 0 Å². The number of hydrogen-bond donors (Lipinski definition) is 3. The van der Waals surface area contributed by atoms with Crippen molar-refractivity contribution in [1.29, 1.82) is 0 Å². The maximum absolute atomic E-state index is 12.7. The smallest absolute Gasteiger partial charge is 0.446 e. The number of ether oxygens (including phenoxy) is 1. The number of alkyl carbamates (subject to hydrolysis) is 1. The predicted molar refractivity (Wildman–Crippen MR) is 121 cm³/mol. The highest BCUT2D eigenvalue weighted by molar-refractivity contribution is 7.91. The number of amides is 1. The molecule has 5 rings (SSSR count). The molecule has 3 N–H and O–H groups in total. The maximum atomic E-state index is 12.7. The summed E-state index contributed by atoms with van der Waals surface area (Å²) in [5.74, 6) is -0.497. The van der Waals surface area contributed by atoms with Gasteiger partial charge in [-0.2, -0.15) is 23.4 Å². The van der Waals surface area contributed by atoms with Crippen LogP contribution in [0.15, 0.2) is 24.5 Å². The van der Waals surface area contributed by atoms with E-state index in [2.05, 4.69) is 30.9 Å². The standard InChI is InChI=1S/C21H24F3N7O4S/c1-20(4-5-20)27-19(32)35-14-3-2-12(8-14)15-10-17(29-28-15)26-18-16-9-13(30-31(16)7-6-25-18)11-36(33,34)21(22,23)24/h6-7,9-10,12,14H,2-5,8,11H2,1H3,(H,27,32)(H2,25,26,28,29). The van der Waals surface area contributed by atoms with Gasteiger partial charge in [0.05, 0.1) is 5.69 Å². The van der Waals surface area contributed by atoms with Crippen molar-refractivity contribution >= 4 is 33.1 Å². The van der Waals surface area contributed by atoms with Crippen molar-refractivity contribution in [2.75, 3.05) is 5.32 Å². The summed E-state index contributed by atoms with van der Waals surface area (Å²) in [6, 6.07) is 3.02. The molecule has 2 atom stereocenters. The van der Waals surface area contributed by atoms with E-state index in [1.54, 1.807) is 6.07 Å². The Morgan fingerprint density at radius 3 is 2.81 bits per heavy atom. The van der Waals surface area contributed by atoms with Gasteiger partial charge < -0.3 is 15.4 Å². The van der Waals surface area contributed by atoms with Gasteiger partial charge in [-0.15, -0.1) is 0 Å². The van der Waals surface area contributed by atoms with Crippen LogP contribution in [0.1, 0.15) is 56.3 Å². The number of H-pyrrole nitrogens is 1. The first-order valence-corrected chi connectivity index (χ1v) is 13.0. The van der Waals surface area contributed by atoms with Gasteiger partial charge in [-0.05, 0) is 45.1 Å². The summed E-state index contributed by atoms with van der Waals surface area (Å²) in [7, 11) is -5.36. The Morgan fingerprint density at radius 2 is 2.08 bits per heavy atom. The molecular weight excluding hydrogens is 503 g/mol. The third kappa shape index (κ3) is 5.10. The maximum Gasteiger partial charge on any atom is 0.497 e. The van der Waals surface area contributed by atoms with Crippen molar-refractivity contribution in [3.05, 3.63) is 35.9 Å². The number of carbonyl (C=O) groups is 1. The van der Waals surface area contributed by atoms with E-state index in [1.807, 2.05) is 6.92 Å². The van der Waals surface area contributed by atoms with Crippen LogP contribution in [0, 0.1) is 0 Å². The Kier molecular flexibility index (Phi) is 5.84. The lowest BCUT2D eigenvalue weighted by Gasteiger charge is -2.16. The molecule has 15 heteroatoms. The number of aromatic amines is 1. The fourth-order valence-electron chi connectivity index (χ4n) is 4.22. The minimum atomic E-state index is -5.36. The van der Waals surface area contributed by atoms with Gasteiger partial charge in [0, 0.05) is 35.6 Å². The van der Waals surface area contributed by atoms with Gasteiger partial charge in [-0.3, -0.25) is 5.10 Å². The zero-order valence-electron chi connectivity index (χ0n) is 19.2. The molecule has 2 saturated carbocycles. The summed E-state index contributed by atoms with van der Waals surface area (Å²) in [6.45, 7) is 1.98. The summed E-state index contributed by atoms with van der Waals surface area (Å²) >= 11 is 0. The molecule has 0 saturated heterocycles. The molecule has 2 aliphatic rings. The molecule has 36 heavy (non-hydrogen) atoms. The second kappa shape index (κ2) is 8.64. The van der Waals surface area contributed by atoms with Crippen molar-refractivity contribution in [2.45, 2.75) is 67.8 Å². The highest BCUT2D eigenvalue weighted by Crippen LogP contribution is 2.37. The van der Waals surface area contributed by atoms with Crippen molar-refractivity contribution < 1.29 is 31.1 Å². The Morgan fingerprint density at radius 1 is 1.31 bits per heavy atom.